The molecular weight excluding hydrogens is 384 g/mol. The quantitative estimate of drug-likeness (QED) is 0.769. The lowest BCUT2D eigenvalue weighted by Gasteiger charge is -2.29. The van der Waals surface area contributed by atoms with Crippen molar-refractivity contribution < 1.29 is 24.2 Å². The zero-order chi connectivity index (χ0) is 20.1. The van der Waals surface area contributed by atoms with Gasteiger partial charge in [-0.15, -0.1) is 0 Å². The Morgan fingerprint density at radius 2 is 1.96 bits per heavy atom. The van der Waals surface area contributed by atoms with Gasteiger partial charge >= 0.3 is 5.97 Å². The van der Waals surface area contributed by atoms with Crippen LogP contribution in [-0.2, 0) is 9.47 Å². The van der Waals surface area contributed by atoms with Gasteiger partial charge in [0.05, 0.1) is 37.2 Å². The minimum atomic E-state index is -1.08. The highest BCUT2D eigenvalue weighted by Gasteiger charge is 2.20. The topological polar surface area (TPSA) is 88.1 Å². The van der Waals surface area contributed by atoms with Crippen LogP contribution in [0.15, 0.2) is 42.5 Å². The first-order chi connectivity index (χ1) is 13.4. The predicted molar refractivity (Wildman–Crippen MR) is 107 cm³/mol. The molecule has 7 nitrogen and oxygen atoms in total. The van der Waals surface area contributed by atoms with Crippen LogP contribution in [0.1, 0.15) is 20.7 Å². The minimum absolute atomic E-state index is 0.0909. The first kappa shape index (κ1) is 20.1. The van der Waals surface area contributed by atoms with Crippen molar-refractivity contribution in [3.63, 3.8) is 0 Å². The van der Waals surface area contributed by atoms with E-state index in [-0.39, 0.29) is 17.6 Å². The molecule has 1 saturated heterocycles. The van der Waals surface area contributed by atoms with Crippen molar-refractivity contribution in [1.29, 1.82) is 0 Å². The van der Waals surface area contributed by atoms with E-state index < -0.39 is 5.97 Å². The third-order valence-electron chi connectivity index (χ3n) is 4.36. The number of amides is 1. The fourth-order valence-electron chi connectivity index (χ4n) is 2.97. The molecule has 0 saturated carbocycles. The van der Waals surface area contributed by atoms with Crippen LogP contribution in [0.3, 0.4) is 0 Å². The van der Waals surface area contributed by atoms with E-state index in [1.807, 2.05) is 4.90 Å². The van der Waals surface area contributed by atoms with E-state index in [0.29, 0.717) is 48.3 Å². The van der Waals surface area contributed by atoms with Gasteiger partial charge in [-0.05, 0) is 42.5 Å². The first-order valence-corrected chi connectivity index (χ1v) is 9.16. The maximum Gasteiger partial charge on any atom is 0.337 e. The van der Waals surface area contributed by atoms with Crippen molar-refractivity contribution in [2.75, 3.05) is 43.6 Å². The molecule has 148 valence electrons. The van der Waals surface area contributed by atoms with Crippen molar-refractivity contribution in [3.8, 4) is 0 Å². The largest absolute Gasteiger partial charge is 0.478 e. The molecule has 1 amide bonds. The Labute approximate surface area is 167 Å². The average molecular weight is 405 g/mol. The van der Waals surface area contributed by atoms with Gasteiger partial charge in [-0.2, -0.15) is 0 Å². The number of anilines is 2. The van der Waals surface area contributed by atoms with Crippen LogP contribution in [-0.4, -0.2) is 56.5 Å². The van der Waals surface area contributed by atoms with E-state index in [4.69, 9.17) is 21.1 Å². The van der Waals surface area contributed by atoms with Gasteiger partial charge < -0.3 is 24.8 Å². The van der Waals surface area contributed by atoms with Gasteiger partial charge in [-0.1, -0.05) is 11.6 Å². The fraction of sp³-hybridized carbons (Fsp3) is 0.300. The standard InChI is InChI=1S/C20H21ClN2O5/c1-23(11-16-12-27-8-9-28-16)18-7-6-15(10-17(18)20(25)26)22-19(24)13-2-4-14(21)5-3-13/h2-7,10,16H,8-9,11-12H2,1H3,(H,22,24)(H,25,26). The SMILES string of the molecule is CN(CC1COCCO1)c1ccc(NC(=O)c2ccc(Cl)cc2)cc1C(=O)O. The lowest BCUT2D eigenvalue weighted by Crippen LogP contribution is -2.38. The lowest BCUT2D eigenvalue weighted by atomic mass is 10.1. The number of carboxylic acid groups (broad SMARTS) is 1. The maximum atomic E-state index is 12.3. The van der Waals surface area contributed by atoms with Gasteiger partial charge in [0.15, 0.2) is 0 Å². The van der Waals surface area contributed by atoms with Crippen molar-refractivity contribution in [2.45, 2.75) is 6.10 Å². The number of nitrogens with one attached hydrogen (secondary N) is 1. The monoisotopic (exact) mass is 404 g/mol. The van der Waals surface area contributed by atoms with E-state index in [0.717, 1.165) is 0 Å². The van der Waals surface area contributed by atoms with Gasteiger partial charge in [0.25, 0.3) is 5.91 Å². The molecule has 0 aliphatic carbocycles. The smallest absolute Gasteiger partial charge is 0.337 e. The van der Waals surface area contributed by atoms with E-state index in [2.05, 4.69) is 5.32 Å². The van der Waals surface area contributed by atoms with Gasteiger partial charge in [0.2, 0.25) is 0 Å². The molecule has 0 spiro atoms. The molecule has 1 aliphatic heterocycles. The van der Waals surface area contributed by atoms with Crippen LogP contribution < -0.4 is 10.2 Å². The molecule has 1 atom stereocenters. The lowest BCUT2D eigenvalue weighted by molar-refractivity contribution is -0.0837. The fourth-order valence-corrected chi connectivity index (χ4v) is 3.09. The summed E-state index contributed by atoms with van der Waals surface area (Å²) in [5.41, 5.74) is 1.45. The summed E-state index contributed by atoms with van der Waals surface area (Å²) >= 11 is 5.83. The number of nitrogens with zero attached hydrogens (tertiary/aromatic N) is 1. The molecular formula is C20H21ClN2O5. The number of hydrogen-bond donors (Lipinski definition) is 2. The zero-order valence-electron chi connectivity index (χ0n) is 15.4. The van der Waals surface area contributed by atoms with Crippen molar-refractivity contribution in [3.05, 3.63) is 58.6 Å². The highest BCUT2D eigenvalue weighted by molar-refractivity contribution is 6.30. The third kappa shape index (κ3) is 5.01. The number of carboxylic acids is 1. The Bertz CT molecular complexity index is 850. The number of likely N-dealkylation sites (N-methyl/N-ethyl adjacent to an activating group) is 1. The average Bonchev–Trinajstić information content (AvgIpc) is 2.69. The summed E-state index contributed by atoms with van der Waals surface area (Å²) in [5, 5.41) is 12.9. The number of carbonyl (C=O) groups is 2. The van der Waals surface area contributed by atoms with E-state index in [9.17, 15) is 14.7 Å². The number of ether oxygens (including phenoxy) is 2. The van der Waals surface area contributed by atoms with Crippen molar-refractivity contribution in [2.24, 2.45) is 0 Å². The van der Waals surface area contributed by atoms with Gasteiger partial charge in [0, 0.05) is 29.9 Å². The van der Waals surface area contributed by atoms with Gasteiger partial charge in [-0.3, -0.25) is 4.79 Å². The summed E-state index contributed by atoms with van der Waals surface area (Å²) in [7, 11) is 1.80. The summed E-state index contributed by atoms with van der Waals surface area (Å²) in [5.74, 6) is -1.42. The normalized spacial score (nSPS) is 16.4. The molecule has 28 heavy (non-hydrogen) atoms. The molecule has 1 aliphatic rings. The first-order valence-electron chi connectivity index (χ1n) is 8.79. The zero-order valence-corrected chi connectivity index (χ0v) is 16.1. The molecule has 0 radical (unpaired) electrons. The molecule has 2 N–H and O–H groups in total. The Morgan fingerprint density at radius 3 is 2.61 bits per heavy atom. The van der Waals surface area contributed by atoms with Crippen LogP contribution in [0.5, 0.6) is 0 Å². The number of hydrogen-bond acceptors (Lipinski definition) is 5. The van der Waals surface area contributed by atoms with Crippen LogP contribution >= 0.6 is 11.6 Å². The second kappa shape index (κ2) is 9.05. The summed E-state index contributed by atoms with van der Waals surface area (Å²) in [6.07, 6.45) is -0.121. The van der Waals surface area contributed by atoms with Crippen LogP contribution in [0.4, 0.5) is 11.4 Å². The highest BCUT2D eigenvalue weighted by Crippen LogP contribution is 2.25. The molecule has 8 heteroatoms. The van der Waals surface area contributed by atoms with E-state index >= 15 is 0 Å². The summed E-state index contributed by atoms with van der Waals surface area (Å²) in [6.45, 7) is 2.07. The summed E-state index contributed by atoms with van der Waals surface area (Å²) in [4.78, 5) is 25.9. The van der Waals surface area contributed by atoms with Gasteiger partial charge in [0.1, 0.15) is 0 Å². The highest BCUT2D eigenvalue weighted by atomic mass is 35.5. The number of rotatable bonds is 6. The summed E-state index contributed by atoms with van der Waals surface area (Å²) in [6, 6.07) is 11.2. The molecule has 1 unspecified atom stereocenters. The molecule has 2 aromatic rings. The Morgan fingerprint density at radius 1 is 1.21 bits per heavy atom. The minimum Gasteiger partial charge on any atom is -0.478 e. The van der Waals surface area contributed by atoms with Crippen molar-refractivity contribution >= 4 is 34.9 Å². The van der Waals surface area contributed by atoms with E-state index in [1.54, 1.807) is 43.4 Å². The maximum absolute atomic E-state index is 12.3. The second-order valence-electron chi connectivity index (χ2n) is 6.45. The van der Waals surface area contributed by atoms with Gasteiger partial charge in [-0.25, -0.2) is 4.79 Å². The predicted octanol–water partition coefficient (Wildman–Crippen LogP) is 3.14. The van der Waals surface area contributed by atoms with Crippen LogP contribution in [0, 0.1) is 0 Å². The third-order valence-corrected chi connectivity index (χ3v) is 4.62. The van der Waals surface area contributed by atoms with Crippen LogP contribution in [0.25, 0.3) is 0 Å². The number of carbonyl (C=O) groups excluding carboxylic acids is 1. The Kier molecular flexibility index (Phi) is 6.51. The number of halogens is 1. The molecule has 1 heterocycles. The molecule has 0 aromatic heterocycles. The van der Waals surface area contributed by atoms with Crippen molar-refractivity contribution in [1.82, 2.24) is 0 Å². The second-order valence-corrected chi connectivity index (χ2v) is 6.88. The molecule has 2 aromatic carbocycles. The molecule has 1 fully saturated rings. The number of benzene rings is 2. The molecule has 0 bridgehead atoms. The summed E-state index contributed by atoms with van der Waals surface area (Å²) < 4.78 is 11.0. The molecule has 3 rings (SSSR count). The Hall–Kier alpha value is -2.61. The Balaban J connectivity index is 1.75. The van der Waals surface area contributed by atoms with E-state index in [1.165, 1.54) is 6.07 Å². The number of aromatic carboxylic acids is 1. The van der Waals surface area contributed by atoms with Crippen LogP contribution in [0.2, 0.25) is 5.02 Å².